The lowest BCUT2D eigenvalue weighted by Crippen LogP contribution is -2.47. The fraction of sp³-hybridized carbons (Fsp3) is 0.440. The van der Waals surface area contributed by atoms with E-state index in [0.717, 1.165) is 23.8 Å². The monoisotopic (exact) mass is 541 g/mol. The average molecular weight is 543 g/mol. The van der Waals surface area contributed by atoms with E-state index in [1.807, 2.05) is 19.1 Å². The van der Waals surface area contributed by atoms with Gasteiger partial charge in [-0.3, -0.25) is 13.9 Å². The lowest BCUT2D eigenvalue weighted by atomic mass is 10.1. The number of anilines is 1. The predicted octanol–water partition coefficient (Wildman–Crippen LogP) is 4.79. The first-order valence-corrected chi connectivity index (χ1v) is 14.1. The Labute approximate surface area is 218 Å². The molecule has 35 heavy (non-hydrogen) atoms. The number of nitrogens with zero attached hydrogens (tertiary/aromatic N) is 2. The van der Waals surface area contributed by atoms with E-state index in [0.29, 0.717) is 22.3 Å². The van der Waals surface area contributed by atoms with Crippen LogP contribution < -0.4 is 9.62 Å². The molecule has 192 valence electrons. The summed E-state index contributed by atoms with van der Waals surface area (Å²) in [5.74, 6) is -0.475. The fourth-order valence-corrected chi connectivity index (χ4v) is 4.91. The van der Waals surface area contributed by atoms with Gasteiger partial charge in [0, 0.05) is 36.1 Å². The van der Waals surface area contributed by atoms with Gasteiger partial charge in [-0.15, -0.1) is 0 Å². The van der Waals surface area contributed by atoms with E-state index >= 15 is 0 Å². The highest BCUT2D eigenvalue weighted by atomic mass is 35.5. The molecule has 2 amide bonds. The van der Waals surface area contributed by atoms with Crippen molar-refractivity contribution in [2.75, 3.05) is 23.7 Å². The second-order valence-corrected chi connectivity index (χ2v) is 11.3. The number of nitrogens with one attached hydrogen (secondary N) is 1. The van der Waals surface area contributed by atoms with Crippen molar-refractivity contribution in [2.45, 2.75) is 52.6 Å². The molecule has 0 heterocycles. The second kappa shape index (κ2) is 13.1. The maximum atomic E-state index is 13.3. The largest absolute Gasteiger partial charge is 0.354 e. The highest BCUT2D eigenvalue weighted by Crippen LogP contribution is 2.27. The number of hydrogen-bond donors (Lipinski definition) is 1. The second-order valence-electron chi connectivity index (χ2n) is 8.48. The summed E-state index contributed by atoms with van der Waals surface area (Å²) in [6.45, 7) is 6.32. The van der Waals surface area contributed by atoms with Gasteiger partial charge in [-0.25, -0.2) is 8.42 Å². The molecule has 0 aliphatic carbocycles. The predicted molar refractivity (Wildman–Crippen MR) is 142 cm³/mol. The van der Waals surface area contributed by atoms with Crippen LogP contribution in [0, 0.1) is 6.92 Å². The number of aryl methyl sites for hydroxylation is 1. The third kappa shape index (κ3) is 8.70. The number of sulfonamides is 1. The molecule has 0 aromatic heterocycles. The van der Waals surface area contributed by atoms with Gasteiger partial charge in [-0.2, -0.15) is 0 Å². The smallest absolute Gasteiger partial charge is 0.242 e. The third-order valence-corrected chi connectivity index (χ3v) is 7.24. The van der Waals surface area contributed by atoms with Crippen molar-refractivity contribution < 1.29 is 18.0 Å². The first-order valence-electron chi connectivity index (χ1n) is 11.5. The molecule has 2 aromatic rings. The van der Waals surface area contributed by atoms with Gasteiger partial charge < -0.3 is 10.2 Å². The molecule has 0 radical (unpaired) electrons. The number of carbonyl (C=O) groups is 2. The Hall–Kier alpha value is -2.29. The number of hydrogen-bond acceptors (Lipinski definition) is 4. The summed E-state index contributed by atoms with van der Waals surface area (Å²) in [4.78, 5) is 27.4. The van der Waals surface area contributed by atoms with Crippen molar-refractivity contribution in [3.63, 3.8) is 0 Å². The van der Waals surface area contributed by atoms with E-state index in [2.05, 4.69) is 5.32 Å². The van der Waals surface area contributed by atoms with E-state index in [4.69, 9.17) is 23.2 Å². The van der Waals surface area contributed by atoms with Crippen LogP contribution >= 0.6 is 23.2 Å². The highest BCUT2D eigenvalue weighted by molar-refractivity contribution is 7.92. The van der Waals surface area contributed by atoms with Crippen LogP contribution in [0.25, 0.3) is 0 Å². The minimum Gasteiger partial charge on any atom is -0.354 e. The van der Waals surface area contributed by atoms with E-state index in [1.54, 1.807) is 44.2 Å². The average Bonchev–Trinajstić information content (AvgIpc) is 2.80. The molecule has 1 atom stereocenters. The molecule has 1 N–H and O–H groups in total. The van der Waals surface area contributed by atoms with E-state index in [-0.39, 0.29) is 37.7 Å². The summed E-state index contributed by atoms with van der Waals surface area (Å²) in [5.41, 5.74) is 2.08. The van der Waals surface area contributed by atoms with E-state index < -0.39 is 16.1 Å². The minimum absolute atomic E-state index is 0.0740. The van der Waals surface area contributed by atoms with Crippen LogP contribution in [-0.4, -0.2) is 50.5 Å². The number of rotatable bonds is 12. The Morgan fingerprint density at radius 3 is 2.29 bits per heavy atom. The topological polar surface area (TPSA) is 86.8 Å². The van der Waals surface area contributed by atoms with Gasteiger partial charge in [-0.1, -0.05) is 48.3 Å². The number of amides is 2. The highest BCUT2D eigenvalue weighted by Gasteiger charge is 2.26. The van der Waals surface area contributed by atoms with Gasteiger partial charge in [0.15, 0.2) is 0 Å². The molecule has 0 saturated carbocycles. The maximum absolute atomic E-state index is 13.3. The molecule has 2 rings (SSSR count). The summed E-state index contributed by atoms with van der Waals surface area (Å²) in [7, 11) is -3.59. The summed E-state index contributed by atoms with van der Waals surface area (Å²) >= 11 is 12.1. The Morgan fingerprint density at radius 1 is 1.06 bits per heavy atom. The minimum atomic E-state index is -3.59. The quantitative estimate of drug-likeness (QED) is 0.418. The van der Waals surface area contributed by atoms with Gasteiger partial charge >= 0.3 is 0 Å². The lowest BCUT2D eigenvalue weighted by molar-refractivity contribution is -0.140. The molecule has 0 bridgehead atoms. The molecule has 0 spiro atoms. The van der Waals surface area contributed by atoms with Gasteiger partial charge in [-0.05, 0) is 62.1 Å². The van der Waals surface area contributed by atoms with Crippen LogP contribution in [-0.2, 0) is 26.2 Å². The Balaban J connectivity index is 2.18. The Morgan fingerprint density at radius 2 is 1.69 bits per heavy atom. The van der Waals surface area contributed by atoms with Crippen LogP contribution in [0.1, 0.15) is 44.2 Å². The molecule has 0 fully saturated rings. The standard InChI is InChI=1S/C25H33Cl2N3O4S/c1-5-14-28-25(32)19(3)29(17-20-9-12-21(26)13-10-20)24(31)7-6-15-30(35(4,33)34)23-16-22(27)11-8-18(23)2/h8-13,16,19H,5-7,14-15,17H2,1-4H3,(H,28,32)/t19-/m1/s1. The van der Waals surface area contributed by atoms with Crippen molar-refractivity contribution >= 4 is 50.7 Å². The normalized spacial score (nSPS) is 12.2. The molecule has 10 heteroatoms. The maximum Gasteiger partial charge on any atom is 0.242 e. The number of carbonyl (C=O) groups excluding carboxylic acids is 2. The van der Waals surface area contributed by atoms with Crippen molar-refractivity contribution in [3.05, 3.63) is 63.6 Å². The van der Waals surface area contributed by atoms with Crippen LogP contribution in [0.5, 0.6) is 0 Å². The zero-order valence-corrected chi connectivity index (χ0v) is 22.9. The first-order chi connectivity index (χ1) is 16.4. The van der Waals surface area contributed by atoms with Gasteiger partial charge in [0.05, 0.1) is 11.9 Å². The molecule has 0 unspecified atom stereocenters. The summed E-state index contributed by atoms with van der Waals surface area (Å²) in [5, 5.41) is 3.84. The summed E-state index contributed by atoms with van der Waals surface area (Å²) in [6.07, 6.45) is 2.26. The zero-order valence-electron chi connectivity index (χ0n) is 20.6. The van der Waals surface area contributed by atoms with E-state index in [1.165, 1.54) is 9.21 Å². The van der Waals surface area contributed by atoms with Crippen molar-refractivity contribution in [2.24, 2.45) is 0 Å². The van der Waals surface area contributed by atoms with E-state index in [9.17, 15) is 18.0 Å². The zero-order chi connectivity index (χ0) is 26.2. The fourth-order valence-electron chi connectivity index (χ4n) is 3.60. The van der Waals surface area contributed by atoms with Crippen LogP contribution in [0.3, 0.4) is 0 Å². The molecule has 0 aliphatic heterocycles. The Bertz CT molecular complexity index is 1120. The SMILES string of the molecule is CCCNC(=O)[C@@H](C)N(Cc1ccc(Cl)cc1)C(=O)CCCN(c1cc(Cl)ccc1C)S(C)(=O)=O. The van der Waals surface area contributed by atoms with Crippen LogP contribution in [0.15, 0.2) is 42.5 Å². The summed E-state index contributed by atoms with van der Waals surface area (Å²) < 4.78 is 26.3. The molecule has 0 saturated heterocycles. The molecule has 2 aromatic carbocycles. The third-order valence-electron chi connectivity index (χ3n) is 5.57. The van der Waals surface area contributed by atoms with Crippen LogP contribution in [0.4, 0.5) is 5.69 Å². The van der Waals surface area contributed by atoms with Crippen molar-refractivity contribution in [1.29, 1.82) is 0 Å². The van der Waals surface area contributed by atoms with Crippen LogP contribution in [0.2, 0.25) is 10.0 Å². The Kier molecular flexibility index (Phi) is 10.9. The molecule has 0 aliphatic rings. The number of benzene rings is 2. The van der Waals surface area contributed by atoms with Gasteiger partial charge in [0.25, 0.3) is 0 Å². The van der Waals surface area contributed by atoms with Gasteiger partial charge in [0.1, 0.15) is 6.04 Å². The molecular weight excluding hydrogens is 509 g/mol. The lowest BCUT2D eigenvalue weighted by Gasteiger charge is -2.29. The molecular formula is C25H33Cl2N3O4S. The van der Waals surface area contributed by atoms with Crippen molar-refractivity contribution in [3.8, 4) is 0 Å². The van der Waals surface area contributed by atoms with Crippen molar-refractivity contribution in [1.82, 2.24) is 10.2 Å². The van der Waals surface area contributed by atoms with Gasteiger partial charge in [0.2, 0.25) is 21.8 Å². The first kappa shape index (κ1) is 28.9. The molecule has 7 nitrogen and oxygen atoms in total. The number of halogens is 2. The summed E-state index contributed by atoms with van der Waals surface area (Å²) in [6, 6.07) is 11.5.